The summed E-state index contributed by atoms with van der Waals surface area (Å²) in [5.74, 6) is 0.323. The number of aliphatic hydroxyl groups is 1. The molecule has 0 heterocycles. The Hall–Kier alpha value is -1.59. The molecule has 0 spiro atoms. The molecule has 0 saturated carbocycles. The molecule has 0 amide bonds. The topological polar surface area (TPSA) is 67.8 Å². The molecule has 0 aliphatic heterocycles. The van der Waals surface area contributed by atoms with Crippen LogP contribution in [0, 0.1) is 0 Å². The first-order valence-corrected chi connectivity index (χ1v) is 7.42. The zero-order valence-electron chi connectivity index (χ0n) is 12.6. The molecule has 5 heteroatoms. The van der Waals surface area contributed by atoms with Crippen LogP contribution >= 0.6 is 0 Å². The summed E-state index contributed by atoms with van der Waals surface area (Å²) in [4.78, 5) is 11.3. The SMILES string of the molecule is CCOC(=O)COc1ccc2c(c1)CC(NC(C)O)CC2. The number of fused-ring (bicyclic) bond motifs is 1. The lowest BCUT2D eigenvalue weighted by Crippen LogP contribution is -2.40. The summed E-state index contributed by atoms with van der Waals surface area (Å²) in [7, 11) is 0. The van der Waals surface area contributed by atoms with Crippen molar-refractivity contribution in [3.63, 3.8) is 0 Å². The van der Waals surface area contributed by atoms with E-state index in [0.717, 1.165) is 19.3 Å². The molecular formula is C16H23NO4. The van der Waals surface area contributed by atoms with E-state index < -0.39 is 6.23 Å². The number of benzene rings is 1. The molecule has 21 heavy (non-hydrogen) atoms. The fraction of sp³-hybridized carbons (Fsp3) is 0.562. The maximum atomic E-state index is 11.3. The molecular weight excluding hydrogens is 270 g/mol. The number of hydrogen-bond donors (Lipinski definition) is 2. The lowest BCUT2D eigenvalue weighted by atomic mass is 9.88. The molecule has 2 rings (SSSR count). The normalized spacial score (nSPS) is 18.7. The molecule has 2 unspecified atom stereocenters. The Morgan fingerprint density at radius 1 is 1.48 bits per heavy atom. The van der Waals surface area contributed by atoms with E-state index in [-0.39, 0.29) is 18.6 Å². The minimum Gasteiger partial charge on any atom is -0.482 e. The predicted octanol–water partition coefficient (Wildman–Crippen LogP) is 1.41. The van der Waals surface area contributed by atoms with Crippen molar-refractivity contribution in [1.82, 2.24) is 5.32 Å². The summed E-state index contributed by atoms with van der Waals surface area (Å²) in [5, 5.41) is 12.6. The van der Waals surface area contributed by atoms with Crippen LogP contribution in [0.1, 0.15) is 31.4 Å². The van der Waals surface area contributed by atoms with Gasteiger partial charge in [0.15, 0.2) is 6.61 Å². The molecule has 1 aliphatic rings. The third-order valence-electron chi connectivity index (χ3n) is 3.55. The molecule has 2 N–H and O–H groups in total. The van der Waals surface area contributed by atoms with E-state index >= 15 is 0 Å². The maximum absolute atomic E-state index is 11.3. The largest absolute Gasteiger partial charge is 0.482 e. The van der Waals surface area contributed by atoms with E-state index in [1.54, 1.807) is 13.8 Å². The Bertz CT molecular complexity index is 487. The van der Waals surface area contributed by atoms with Crippen molar-refractivity contribution in [2.24, 2.45) is 0 Å². The van der Waals surface area contributed by atoms with Crippen LogP contribution < -0.4 is 10.1 Å². The van der Waals surface area contributed by atoms with Crippen LogP contribution in [0.5, 0.6) is 5.75 Å². The quantitative estimate of drug-likeness (QED) is 0.613. The number of aryl methyl sites for hydroxylation is 1. The highest BCUT2D eigenvalue weighted by molar-refractivity contribution is 5.71. The third kappa shape index (κ3) is 4.72. The zero-order chi connectivity index (χ0) is 15.2. The van der Waals surface area contributed by atoms with E-state index in [1.807, 2.05) is 12.1 Å². The molecule has 1 aromatic carbocycles. The average Bonchev–Trinajstić information content (AvgIpc) is 2.44. The zero-order valence-corrected chi connectivity index (χ0v) is 12.6. The van der Waals surface area contributed by atoms with Gasteiger partial charge in [0.1, 0.15) is 12.0 Å². The minimum absolute atomic E-state index is 0.0675. The minimum atomic E-state index is -0.500. The Labute approximate surface area is 125 Å². The van der Waals surface area contributed by atoms with Gasteiger partial charge in [-0.3, -0.25) is 5.32 Å². The van der Waals surface area contributed by atoms with Gasteiger partial charge in [0.25, 0.3) is 0 Å². The van der Waals surface area contributed by atoms with E-state index in [1.165, 1.54) is 11.1 Å². The fourth-order valence-electron chi connectivity index (χ4n) is 2.65. The van der Waals surface area contributed by atoms with Gasteiger partial charge in [0, 0.05) is 6.04 Å². The second kappa shape index (κ2) is 7.43. The van der Waals surface area contributed by atoms with Crippen molar-refractivity contribution in [2.45, 2.75) is 45.4 Å². The number of esters is 1. The molecule has 0 fully saturated rings. The van der Waals surface area contributed by atoms with Gasteiger partial charge in [-0.1, -0.05) is 6.07 Å². The van der Waals surface area contributed by atoms with Crippen molar-refractivity contribution in [1.29, 1.82) is 0 Å². The standard InChI is InChI=1S/C16H23NO4/c1-3-20-16(19)10-21-15-7-5-12-4-6-14(17-11(2)18)8-13(12)9-15/h5,7,9,11,14,17-18H,3-4,6,8,10H2,1-2H3. The van der Waals surface area contributed by atoms with Crippen LogP contribution in [-0.2, 0) is 22.4 Å². The third-order valence-corrected chi connectivity index (χ3v) is 3.55. The summed E-state index contributed by atoms with van der Waals surface area (Å²) in [6, 6.07) is 6.19. The summed E-state index contributed by atoms with van der Waals surface area (Å²) >= 11 is 0. The molecule has 0 aromatic heterocycles. The van der Waals surface area contributed by atoms with Crippen LogP contribution in [0.3, 0.4) is 0 Å². The monoisotopic (exact) mass is 293 g/mol. The average molecular weight is 293 g/mol. The van der Waals surface area contributed by atoms with E-state index in [0.29, 0.717) is 12.4 Å². The fourth-order valence-corrected chi connectivity index (χ4v) is 2.65. The van der Waals surface area contributed by atoms with Crippen molar-refractivity contribution < 1.29 is 19.4 Å². The number of hydrogen-bond acceptors (Lipinski definition) is 5. The van der Waals surface area contributed by atoms with Gasteiger partial charge in [0.2, 0.25) is 0 Å². The molecule has 0 saturated heterocycles. The Morgan fingerprint density at radius 2 is 2.29 bits per heavy atom. The molecule has 2 atom stereocenters. The Morgan fingerprint density at radius 3 is 3.00 bits per heavy atom. The Balaban J connectivity index is 1.96. The highest BCUT2D eigenvalue weighted by atomic mass is 16.6. The predicted molar refractivity (Wildman–Crippen MR) is 79.2 cm³/mol. The van der Waals surface area contributed by atoms with Crippen LogP contribution in [0.4, 0.5) is 0 Å². The van der Waals surface area contributed by atoms with Crippen LogP contribution in [0.25, 0.3) is 0 Å². The number of nitrogens with one attached hydrogen (secondary N) is 1. The van der Waals surface area contributed by atoms with Gasteiger partial charge < -0.3 is 14.6 Å². The lowest BCUT2D eigenvalue weighted by molar-refractivity contribution is -0.145. The first-order valence-electron chi connectivity index (χ1n) is 7.42. The molecule has 0 radical (unpaired) electrons. The number of rotatable bonds is 6. The molecule has 1 aliphatic carbocycles. The number of carbonyl (C=O) groups excluding carboxylic acids is 1. The number of carbonyl (C=O) groups is 1. The molecule has 0 bridgehead atoms. The molecule has 1 aromatic rings. The van der Waals surface area contributed by atoms with Gasteiger partial charge in [-0.25, -0.2) is 4.79 Å². The van der Waals surface area contributed by atoms with Gasteiger partial charge >= 0.3 is 5.97 Å². The number of aliphatic hydroxyl groups excluding tert-OH is 1. The Kier molecular flexibility index (Phi) is 5.59. The first-order chi connectivity index (χ1) is 10.1. The van der Waals surface area contributed by atoms with E-state index in [4.69, 9.17) is 9.47 Å². The number of ether oxygens (including phenoxy) is 2. The van der Waals surface area contributed by atoms with Gasteiger partial charge in [0.05, 0.1) is 6.61 Å². The second-order valence-corrected chi connectivity index (χ2v) is 5.31. The van der Waals surface area contributed by atoms with Crippen molar-refractivity contribution in [3.8, 4) is 5.75 Å². The summed E-state index contributed by atoms with van der Waals surface area (Å²) in [5.41, 5.74) is 2.52. The van der Waals surface area contributed by atoms with Gasteiger partial charge in [-0.15, -0.1) is 0 Å². The van der Waals surface area contributed by atoms with Gasteiger partial charge in [-0.05, 0) is 56.4 Å². The lowest BCUT2D eigenvalue weighted by Gasteiger charge is -2.27. The van der Waals surface area contributed by atoms with Crippen molar-refractivity contribution in [2.75, 3.05) is 13.2 Å². The summed E-state index contributed by atoms with van der Waals surface area (Å²) in [6.45, 7) is 3.79. The highest BCUT2D eigenvalue weighted by Gasteiger charge is 2.20. The first kappa shape index (κ1) is 15.8. The smallest absolute Gasteiger partial charge is 0.344 e. The maximum Gasteiger partial charge on any atom is 0.344 e. The summed E-state index contributed by atoms with van der Waals surface area (Å²) < 4.78 is 10.3. The van der Waals surface area contributed by atoms with Crippen molar-refractivity contribution >= 4 is 5.97 Å². The second-order valence-electron chi connectivity index (χ2n) is 5.31. The molecule has 5 nitrogen and oxygen atoms in total. The van der Waals surface area contributed by atoms with Gasteiger partial charge in [-0.2, -0.15) is 0 Å². The van der Waals surface area contributed by atoms with Crippen LogP contribution in [0.15, 0.2) is 18.2 Å². The van der Waals surface area contributed by atoms with Crippen LogP contribution in [-0.4, -0.2) is 36.6 Å². The highest BCUT2D eigenvalue weighted by Crippen LogP contribution is 2.25. The van der Waals surface area contributed by atoms with Crippen LogP contribution in [0.2, 0.25) is 0 Å². The van der Waals surface area contributed by atoms with Crippen molar-refractivity contribution in [3.05, 3.63) is 29.3 Å². The van der Waals surface area contributed by atoms with E-state index in [9.17, 15) is 9.90 Å². The van der Waals surface area contributed by atoms with E-state index in [2.05, 4.69) is 11.4 Å². The summed E-state index contributed by atoms with van der Waals surface area (Å²) in [6.07, 6.45) is 2.36. The molecule has 116 valence electrons.